The van der Waals surface area contributed by atoms with E-state index < -0.39 is 6.04 Å². The van der Waals surface area contributed by atoms with Gasteiger partial charge in [-0.15, -0.1) is 0 Å². The van der Waals surface area contributed by atoms with E-state index in [4.69, 9.17) is 18.9 Å². The Labute approximate surface area is 208 Å². The lowest BCUT2D eigenvalue weighted by atomic mass is 10.1. The molecule has 0 aliphatic carbocycles. The van der Waals surface area contributed by atoms with Crippen LogP contribution in [0.4, 0.5) is 5.69 Å². The minimum atomic E-state index is -0.798. The molecule has 4 aliphatic heterocycles. The average molecular weight is 494 g/mol. The van der Waals surface area contributed by atoms with E-state index in [1.165, 1.54) is 0 Å². The van der Waals surface area contributed by atoms with Gasteiger partial charge >= 0.3 is 0 Å². The summed E-state index contributed by atoms with van der Waals surface area (Å²) in [6.07, 6.45) is 0.00393. The second-order valence-corrected chi connectivity index (χ2v) is 9.02. The van der Waals surface area contributed by atoms with Gasteiger partial charge in [-0.05, 0) is 29.8 Å². The number of hydrogen-bond acceptors (Lipinski definition) is 9. The number of carbonyl (C=O) groups is 2. The Kier molecular flexibility index (Phi) is 5.98. The Morgan fingerprint density at radius 3 is 2.53 bits per heavy atom. The normalized spacial score (nSPS) is 21.0. The van der Waals surface area contributed by atoms with E-state index in [0.717, 1.165) is 36.7 Å². The molecule has 0 spiro atoms. The standard InChI is InChI=1S/C25H27N5O6/c31-23-13-18(24(32)26-17-2-4-19-22(12-17)34-10-9-33-19)27-25(28-23)30-7-5-29(6-8-30)14-16-1-3-20-21(11-16)36-15-35-20/h1-4,11-12,18H,5-10,13-15H2,(H,26,32)(H,27,28,31)/t18-/m1/s1. The first kappa shape index (κ1) is 22.5. The molecule has 4 heterocycles. The fourth-order valence-corrected chi connectivity index (χ4v) is 4.65. The summed E-state index contributed by atoms with van der Waals surface area (Å²) in [5.74, 6) is 2.70. The molecule has 2 amide bonds. The molecule has 6 rings (SSSR count). The summed E-state index contributed by atoms with van der Waals surface area (Å²) in [5, 5.41) is 5.69. The maximum atomic E-state index is 12.9. The number of nitrogens with one attached hydrogen (secondary N) is 2. The quantitative estimate of drug-likeness (QED) is 0.653. The van der Waals surface area contributed by atoms with Gasteiger partial charge in [-0.1, -0.05) is 6.07 Å². The number of anilines is 1. The van der Waals surface area contributed by atoms with Crippen LogP contribution in [0.3, 0.4) is 0 Å². The van der Waals surface area contributed by atoms with Gasteiger partial charge in [0.1, 0.15) is 19.3 Å². The van der Waals surface area contributed by atoms with Gasteiger partial charge in [-0.2, -0.15) is 0 Å². The zero-order valence-electron chi connectivity index (χ0n) is 19.7. The summed E-state index contributed by atoms with van der Waals surface area (Å²) >= 11 is 0. The second-order valence-electron chi connectivity index (χ2n) is 9.02. The molecular formula is C25H27N5O6. The van der Waals surface area contributed by atoms with Crippen LogP contribution in [0.2, 0.25) is 0 Å². The first-order chi connectivity index (χ1) is 17.6. The summed E-state index contributed by atoms with van der Waals surface area (Å²) in [6.45, 7) is 5.02. The minimum Gasteiger partial charge on any atom is -0.486 e. The number of piperazine rings is 1. The molecule has 0 radical (unpaired) electrons. The second kappa shape index (κ2) is 9.57. The van der Waals surface area contributed by atoms with Gasteiger partial charge in [0.25, 0.3) is 0 Å². The van der Waals surface area contributed by atoms with Crippen molar-refractivity contribution < 1.29 is 28.5 Å². The van der Waals surface area contributed by atoms with Gasteiger partial charge in [0.15, 0.2) is 23.0 Å². The molecule has 11 nitrogen and oxygen atoms in total. The predicted molar refractivity (Wildman–Crippen MR) is 129 cm³/mol. The highest BCUT2D eigenvalue weighted by molar-refractivity contribution is 6.06. The molecule has 1 saturated heterocycles. The van der Waals surface area contributed by atoms with Gasteiger partial charge in [0.05, 0.1) is 6.42 Å². The van der Waals surface area contributed by atoms with Crippen LogP contribution >= 0.6 is 0 Å². The fraction of sp³-hybridized carbons (Fsp3) is 0.400. The Balaban J connectivity index is 1.06. The van der Waals surface area contributed by atoms with Crippen molar-refractivity contribution in [3.05, 3.63) is 42.0 Å². The van der Waals surface area contributed by atoms with E-state index in [1.807, 2.05) is 17.0 Å². The van der Waals surface area contributed by atoms with E-state index in [2.05, 4.69) is 26.6 Å². The first-order valence-corrected chi connectivity index (χ1v) is 12.0. The molecule has 188 valence electrons. The van der Waals surface area contributed by atoms with Crippen molar-refractivity contribution in [2.75, 3.05) is 51.5 Å². The molecule has 0 bridgehead atoms. The van der Waals surface area contributed by atoms with Gasteiger partial charge in [-0.25, -0.2) is 4.99 Å². The first-order valence-electron chi connectivity index (χ1n) is 12.0. The van der Waals surface area contributed by atoms with Crippen LogP contribution in [-0.2, 0) is 16.1 Å². The van der Waals surface area contributed by atoms with E-state index in [0.29, 0.717) is 49.4 Å². The fourth-order valence-electron chi connectivity index (χ4n) is 4.65. The minimum absolute atomic E-state index is 0.00393. The van der Waals surface area contributed by atoms with Crippen molar-refractivity contribution in [1.82, 2.24) is 15.1 Å². The van der Waals surface area contributed by atoms with Crippen LogP contribution in [0.15, 0.2) is 41.4 Å². The molecule has 2 aromatic carbocycles. The lowest BCUT2D eigenvalue weighted by Crippen LogP contribution is -2.56. The molecule has 2 aromatic rings. The topological polar surface area (TPSA) is 114 Å². The van der Waals surface area contributed by atoms with Gasteiger partial charge in [0, 0.05) is 44.5 Å². The summed E-state index contributed by atoms with van der Waals surface area (Å²) in [5.41, 5.74) is 1.73. The summed E-state index contributed by atoms with van der Waals surface area (Å²) in [7, 11) is 0. The average Bonchev–Trinajstić information content (AvgIpc) is 3.37. The van der Waals surface area contributed by atoms with E-state index >= 15 is 0 Å². The SMILES string of the molecule is O=C1C[C@H](C(=O)Nc2ccc3c(c2)OCCO3)N=C(N2CCN(Cc3ccc4c(c3)OCO4)CC2)N1. The number of rotatable bonds is 4. The summed E-state index contributed by atoms with van der Waals surface area (Å²) in [4.78, 5) is 34.3. The number of guanidine groups is 1. The highest BCUT2D eigenvalue weighted by Gasteiger charge is 2.31. The van der Waals surface area contributed by atoms with Crippen LogP contribution in [0, 0.1) is 0 Å². The van der Waals surface area contributed by atoms with E-state index in [1.54, 1.807) is 18.2 Å². The predicted octanol–water partition coefficient (Wildman–Crippen LogP) is 1.19. The Bertz CT molecular complexity index is 1210. The number of ether oxygens (including phenoxy) is 4. The molecule has 0 saturated carbocycles. The van der Waals surface area contributed by atoms with E-state index in [-0.39, 0.29) is 25.0 Å². The summed E-state index contributed by atoms with van der Waals surface area (Å²) in [6, 6.07) is 10.4. The molecule has 36 heavy (non-hydrogen) atoms. The van der Waals surface area contributed by atoms with Gasteiger partial charge in [0.2, 0.25) is 24.6 Å². The lowest BCUT2D eigenvalue weighted by Gasteiger charge is -2.37. The Morgan fingerprint density at radius 1 is 0.944 bits per heavy atom. The molecular weight excluding hydrogens is 466 g/mol. The molecule has 11 heteroatoms. The number of nitrogens with zero attached hydrogens (tertiary/aromatic N) is 3. The highest BCUT2D eigenvalue weighted by Crippen LogP contribution is 2.33. The third kappa shape index (κ3) is 4.74. The largest absolute Gasteiger partial charge is 0.486 e. The van der Waals surface area contributed by atoms with Crippen LogP contribution in [0.1, 0.15) is 12.0 Å². The van der Waals surface area contributed by atoms with Gasteiger partial charge < -0.3 is 29.2 Å². The summed E-state index contributed by atoms with van der Waals surface area (Å²) < 4.78 is 22.0. The maximum Gasteiger partial charge on any atom is 0.249 e. The molecule has 0 unspecified atom stereocenters. The van der Waals surface area contributed by atoms with Crippen molar-refractivity contribution in [2.24, 2.45) is 4.99 Å². The highest BCUT2D eigenvalue weighted by atomic mass is 16.7. The van der Waals surface area contributed by atoms with Crippen molar-refractivity contribution in [3.8, 4) is 23.0 Å². The number of hydrogen-bond donors (Lipinski definition) is 2. The third-order valence-electron chi connectivity index (χ3n) is 6.54. The van der Waals surface area contributed by atoms with Crippen LogP contribution in [0.5, 0.6) is 23.0 Å². The monoisotopic (exact) mass is 493 g/mol. The van der Waals surface area contributed by atoms with E-state index in [9.17, 15) is 9.59 Å². The zero-order valence-corrected chi connectivity index (χ0v) is 19.7. The van der Waals surface area contributed by atoms with Crippen LogP contribution in [-0.4, -0.2) is 79.8 Å². The number of fused-ring (bicyclic) bond motifs is 2. The number of carbonyl (C=O) groups excluding carboxylic acids is 2. The van der Waals surface area contributed by atoms with Crippen LogP contribution < -0.4 is 29.6 Å². The molecule has 4 aliphatic rings. The maximum absolute atomic E-state index is 12.9. The van der Waals surface area contributed by atoms with Crippen molar-refractivity contribution >= 4 is 23.5 Å². The van der Waals surface area contributed by atoms with Crippen molar-refractivity contribution in [2.45, 2.75) is 19.0 Å². The molecule has 1 atom stereocenters. The number of aliphatic imine (C=N–C) groups is 1. The van der Waals surface area contributed by atoms with Gasteiger partial charge in [-0.3, -0.25) is 19.8 Å². The molecule has 0 aromatic heterocycles. The lowest BCUT2D eigenvalue weighted by molar-refractivity contribution is -0.125. The van der Waals surface area contributed by atoms with Crippen molar-refractivity contribution in [3.63, 3.8) is 0 Å². The smallest absolute Gasteiger partial charge is 0.249 e. The van der Waals surface area contributed by atoms with Crippen molar-refractivity contribution in [1.29, 1.82) is 0 Å². The Hall–Kier alpha value is -3.99. The number of amides is 2. The molecule has 1 fully saturated rings. The Morgan fingerprint density at radius 2 is 1.67 bits per heavy atom. The molecule has 2 N–H and O–H groups in total. The number of benzene rings is 2. The van der Waals surface area contributed by atoms with Crippen LogP contribution in [0.25, 0.3) is 0 Å². The zero-order chi connectivity index (χ0) is 24.5. The third-order valence-corrected chi connectivity index (χ3v) is 6.54.